The summed E-state index contributed by atoms with van der Waals surface area (Å²) in [5, 5.41) is 3.17. The molecule has 1 amide bonds. The standard InChI is InChI=1S/C15H26N2O4S.ClH/c1-22(19,20)15(6-8-16-9-7-15)14(18)17-10-11-21-13-5-3-2-4-12(13)17;/h12-13,16H,2-11H2,1H3;1H. The molecule has 1 saturated carbocycles. The van der Waals surface area contributed by atoms with Crippen LogP contribution >= 0.6 is 12.4 Å². The molecule has 3 fully saturated rings. The Bertz CT molecular complexity index is 532. The highest BCUT2D eigenvalue weighted by Crippen LogP contribution is 2.35. The quantitative estimate of drug-likeness (QED) is 0.780. The molecule has 3 rings (SSSR count). The fourth-order valence-electron chi connectivity index (χ4n) is 4.18. The number of carbonyl (C=O) groups is 1. The summed E-state index contributed by atoms with van der Waals surface area (Å²) in [7, 11) is -3.45. The van der Waals surface area contributed by atoms with Crippen molar-refractivity contribution in [3.05, 3.63) is 0 Å². The first-order valence-corrected chi connectivity index (χ1v) is 10.2. The molecular weight excluding hydrogens is 340 g/mol. The summed E-state index contributed by atoms with van der Waals surface area (Å²) in [5.74, 6) is -0.184. The van der Waals surface area contributed by atoms with Crippen molar-refractivity contribution in [3.63, 3.8) is 0 Å². The van der Waals surface area contributed by atoms with E-state index in [1.165, 1.54) is 6.26 Å². The molecule has 2 aliphatic heterocycles. The number of carbonyl (C=O) groups excluding carboxylic acids is 1. The lowest BCUT2D eigenvalue weighted by Crippen LogP contribution is -2.64. The van der Waals surface area contributed by atoms with Gasteiger partial charge < -0.3 is 15.0 Å². The first-order chi connectivity index (χ1) is 10.5. The van der Waals surface area contributed by atoms with Gasteiger partial charge in [-0.25, -0.2) is 8.42 Å². The molecule has 0 radical (unpaired) electrons. The Morgan fingerprint density at radius 2 is 1.87 bits per heavy atom. The number of hydrogen-bond acceptors (Lipinski definition) is 5. The molecule has 134 valence electrons. The zero-order chi connectivity index (χ0) is 15.8. The summed E-state index contributed by atoms with van der Waals surface area (Å²) in [4.78, 5) is 15.1. The Hall–Kier alpha value is -0.370. The molecule has 6 nitrogen and oxygen atoms in total. The summed E-state index contributed by atoms with van der Waals surface area (Å²) < 4.78 is 29.5. The fraction of sp³-hybridized carbons (Fsp3) is 0.933. The maximum atomic E-state index is 13.2. The van der Waals surface area contributed by atoms with Gasteiger partial charge in [0.05, 0.1) is 18.8 Å². The van der Waals surface area contributed by atoms with E-state index >= 15 is 0 Å². The minimum atomic E-state index is -3.45. The van der Waals surface area contributed by atoms with Crippen LogP contribution in [0.5, 0.6) is 0 Å². The number of hydrogen-bond donors (Lipinski definition) is 1. The summed E-state index contributed by atoms with van der Waals surface area (Å²) in [5.41, 5.74) is 0. The zero-order valence-corrected chi connectivity index (χ0v) is 15.3. The average molecular weight is 367 g/mol. The topological polar surface area (TPSA) is 75.7 Å². The van der Waals surface area contributed by atoms with Gasteiger partial charge in [0.1, 0.15) is 0 Å². The van der Waals surface area contributed by atoms with Crippen molar-refractivity contribution in [3.8, 4) is 0 Å². The Labute approximate surface area is 144 Å². The number of sulfone groups is 1. The van der Waals surface area contributed by atoms with Gasteiger partial charge in [0.2, 0.25) is 5.91 Å². The van der Waals surface area contributed by atoms with E-state index in [9.17, 15) is 13.2 Å². The number of morpholine rings is 1. The lowest BCUT2D eigenvalue weighted by atomic mass is 9.87. The van der Waals surface area contributed by atoms with E-state index < -0.39 is 14.6 Å². The SMILES string of the molecule is CS(=O)(=O)C1(C(=O)N2CCOC3CCCCC32)CCNCC1.Cl. The molecule has 2 saturated heterocycles. The van der Waals surface area contributed by atoms with E-state index in [0.29, 0.717) is 39.1 Å². The van der Waals surface area contributed by atoms with E-state index in [4.69, 9.17) is 4.74 Å². The highest BCUT2D eigenvalue weighted by atomic mass is 35.5. The van der Waals surface area contributed by atoms with Crippen LogP contribution in [0.3, 0.4) is 0 Å². The highest BCUT2D eigenvalue weighted by Gasteiger charge is 2.52. The second-order valence-corrected chi connectivity index (χ2v) is 9.10. The monoisotopic (exact) mass is 366 g/mol. The Kier molecular flexibility index (Phi) is 5.98. The average Bonchev–Trinajstić information content (AvgIpc) is 2.53. The van der Waals surface area contributed by atoms with Gasteiger partial charge in [0.15, 0.2) is 14.6 Å². The summed E-state index contributed by atoms with van der Waals surface area (Å²) in [6, 6.07) is 0.0588. The van der Waals surface area contributed by atoms with Crippen LogP contribution in [0.1, 0.15) is 38.5 Å². The van der Waals surface area contributed by atoms with Crippen molar-refractivity contribution in [2.75, 3.05) is 32.5 Å². The molecule has 0 spiro atoms. The van der Waals surface area contributed by atoms with Gasteiger partial charge in [0, 0.05) is 12.8 Å². The predicted molar refractivity (Wildman–Crippen MR) is 90.6 cm³/mol. The van der Waals surface area contributed by atoms with Gasteiger partial charge in [-0.15, -0.1) is 12.4 Å². The van der Waals surface area contributed by atoms with Gasteiger partial charge in [-0.3, -0.25) is 4.79 Å². The van der Waals surface area contributed by atoms with Crippen molar-refractivity contribution >= 4 is 28.2 Å². The van der Waals surface area contributed by atoms with Gasteiger partial charge in [0.25, 0.3) is 0 Å². The van der Waals surface area contributed by atoms with E-state index in [2.05, 4.69) is 5.32 Å². The first-order valence-electron chi connectivity index (χ1n) is 8.29. The lowest BCUT2D eigenvalue weighted by molar-refractivity contribution is -0.153. The molecule has 0 aromatic carbocycles. The largest absolute Gasteiger partial charge is 0.374 e. The number of ether oxygens (including phenoxy) is 1. The molecule has 0 aromatic rings. The molecule has 3 aliphatic rings. The van der Waals surface area contributed by atoms with Crippen LogP contribution in [0.4, 0.5) is 0 Å². The third-order valence-electron chi connectivity index (χ3n) is 5.50. The summed E-state index contributed by atoms with van der Waals surface area (Å²) >= 11 is 0. The van der Waals surface area contributed by atoms with E-state index in [1.807, 2.05) is 4.90 Å². The first kappa shape index (κ1) is 19.0. The van der Waals surface area contributed by atoms with Crippen LogP contribution < -0.4 is 5.32 Å². The van der Waals surface area contributed by atoms with Crippen molar-refractivity contribution < 1.29 is 17.9 Å². The third-order valence-corrected chi connectivity index (χ3v) is 7.51. The van der Waals surface area contributed by atoms with Crippen LogP contribution in [0.15, 0.2) is 0 Å². The molecule has 2 unspecified atom stereocenters. The molecule has 1 N–H and O–H groups in total. The second-order valence-electron chi connectivity index (χ2n) is 6.78. The summed E-state index contributed by atoms with van der Waals surface area (Å²) in [6.45, 7) is 2.20. The van der Waals surface area contributed by atoms with E-state index in [-0.39, 0.29) is 30.5 Å². The van der Waals surface area contributed by atoms with Crippen LogP contribution in [0, 0.1) is 0 Å². The molecule has 1 aliphatic carbocycles. The predicted octanol–water partition coefficient (Wildman–Crippen LogP) is 0.745. The number of amides is 1. The summed E-state index contributed by atoms with van der Waals surface area (Å²) in [6.07, 6.45) is 6.17. The van der Waals surface area contributed by atoms with Gasteiger partial charge in [-0.2, -0.15) is 0 Å². The highest BCUT2D eigenvalue weighted by molar-refractivity contribution is 7.92. The number of nitrogens with one attached hydrogen (secondary N) is 1. The normalized spacial score (nSPS) is 30.9. The van der Waals surface area contributed by atoms with Crippen molar-refractivity contribution in [1.82, 2.24) is 10.2 Å². The number of piperidine rings is 1. The zero-order valence-electron chi connectivity index (χ0n) is 13.6. The Morgan fingerprint density at radius 3 is 2.52 bits per heavy atom. The van der Waals surface area contributed by atoms with E-state index in [1.54, 1.807) is 0 Å². The molecule has 2 heterocycles. The van der Waals surface area contributed by atoms with Crippen LogP contribution in [-0.2, 0) is 19.4 Å². The van der Waals surface area contributed by atoms with Gasteiger partial charge >= 0.3 is 0 Å². The molecule has 2 atom stereocenters. The lowest BCUT2D eigenvalue weighted by Gasteiger charge is -2.47. The van der Waals surface area contributed by atoms with Crippen LogP contribution in [0.25, 0.3) is 0 Å². The molecule has 8 heteroatoms. The van der Waals surface area contributed by atoms with Gasteiger partial charge in [-0.1, -0.05) is 12.8 Å². The maximum absolute atomic E-state index is 13.2. The number of fused-ring (bicyclic) bond motifs is 1. The minimum absolute atomic E-state index is 0. The third kappa shape index (κ3) is 3.38. The smallest absolute Gasteiger partial charge is 0.244 e. The van der Waals surface area contributed by atoms with Gasteiger partial charge in [-0.05, 0) is 38.8 Å². The van der Waals surface area contributed by atoms with Crippen molar-refractivity contribution in [1.29, 1.82) is 0 Å². The maximum Gasteiger partial charge on any atom is 0.244 e. The van der Waals surface area contributed by atoms with Crippen LogP contribution in [-0.4, -0.2) is 68.6 Å². The second kappa shape index (κ2) is 7.25. The van der Waals surface area contributed by atoms with Crippen molar-refractivity contribution in [2.24, 2.45) is 0 Å². The minimum Gasteiger partial charge on any atom is -0.374 e. The molecule has 0 bridgehead atoms. The number of nitrogens with zero attached hydrogens (tertiary/aromatic N) is 1. The van der Waals surface area contributed by atoms with Crippen LogP contribution in [0.2, 0.25) is 0 Å². The van der Waals surface area contributed by atoms with Crippen molar-refractivity contribution in [2.45, 2.75) is 55.4 Å². The molecular formula is C15H27ClN2O4S. The fourth-order valence-corrected chi connectivity index (χ4v) is 5.56. The number of rotatable bonds is 2. The molecule has 23 heavy (non-hydrogen) atoms. The number of halogens is 1. The Morgan fingerprint density at radius 1 is 1.22 bits per heavy atom. The van der Waals surface area contributed by atoms with E-state index in [0.717, 1.165) is 25.7 Å². The Balaban J connectivity index is 0.00000192. The molecule has 0 aromatic heterocycles.